The number of sulfone groups is 1. The minimum Gasteiger partial charge on any atom is -0.322 e. The van der Waals surface area contributed by atoms with E-state index in [1.54, 1.807) is 0 Å². The zero-order valence-electron chi connectivity index (χ0n) is 14.7. The van der Waals surface area contributed by atoms with Gasteiger partial charge in [0.25, 0.3) is 5.91 Å². The lowest BCUT2D eigenvalue weighted by molar-refractivity contribution is 0.102. The largest absolute Gasteiger partial charge is 0.322 e. The highest BCUT2D eigenvalue weighted by atomic mass is 35.5. The number of carbonyl (C=O) groups excluding carboxylic acids is 1. The van der Waals surface area contributed by atoms with Crippen molar-refractivity contribution >= 4 is 33.0 Å². The highest BCUT2D eigenvalue weighted by Gasteiger charge is 2.31. The summed E-state index contributed by atoms with van der Waals surface area (Å²) in [6, 6.07) is 4.65. The first kappa shape index (κ1) is 21.3. The van der Waals surface area contributed by atoms with E-state index in [1.165, 1.54) is 18.2 Å². The lowest BCUT2D eigenvalue weighted by atomic mass is 10.1. The Morgan fingerprint density at radius 3 is 2.31 bits per heavy atom. The van der Waals surface area contributed by atoms with E-state index in [9.17, 15) is 30.8 Å². The molecular formula is C19H14ClF4NO3S. The van der Waals surface area contributed by atoms with Crippen LogP contribution in [0.4, 0.5) is 23.2 Å². The average Bonchev–Trinajstić information content (AvgIpc) is 2.66. The maximum Gasteiger partial charge on any atom is 0.255 e. The number of benzene rings is 2. The molecule has 1 aliphatic carbocycles. The molecule has 0 heterocycles. The van der Waals surface area contributed by atoms with Crippen LogP contribution < -0.4 is 5.32 Å². The van der Waals surface area contributed by atoms with E-state index in [0.717, 1.165) is 6.07 Å². The quantitative estimate of drug-likeness (QED) is 0.518. The second-order valence-electron chi connectivity index (χ2n) is 6.45. The Bertz CT molecular complexity index is 1100. The van der Waals surface area contributed by atoms with Gasteiger partial charge in [-0.1, -0.05) is 17.7 Å². The molecule has 0 aromatic heterocycles. The van der Waals surface area contributed by atoms with E-state index in [2.05, 4.69) is 5.32 Å². The number of anilines is 1. The van der Waals surface area contributed by atoms with Crippen molar-refractivity contribution in [2.45, 2.75) is 29.4 Å². The van der Waals surface area contributed by atoms with Crippen LogP contribution in [0.25, 0.3) is 0 Å². The normalized spacial score (nSPS) is 17.0. The summed E-state index contributed by atoms with van der Waals surface area (Å²) in [5.41, 5.74) is -0.491. The standard InChI is InChI=1S/C19H14ClF4NO3S/c20-14-6-1-10(19(26)25-12-8-15(22)18(24)16(23)9-12)7-17(14)29(27,28)13-4-2-11(21)3-5-13/h1-2,6-9,13H,3-5H2,(H,25,26)/t13-/m0/s1. The smallest absolute Gasteiger partial charge is 0.255 e. The van der Waals surface area contributed by atoms with Crippen molar-refractivity contribution in [1.82, 2.24) is 0 Å². The molecule has 0 unspecified atom stereocenters. The van der Waals surface area contributed by atoms with Gasteiger partial charge in [-0.15, -0.1) is 0 Å². The molecular weight excluding hydrogens is 434 g/mol. The number of carbonyl (C=O) groups is 1. The summed E-state index contributed by atoms with van der Waals surface area (Å²) in [5, 5.41) is 1.16. The van der Waals surface area contributed by atoms with Gasteiger partial charge in [0.15, 0.2) is 27.3 Å². The molecule has 1 N–H and O–H groups in total. The summed E-state index contributed by atoms with van der Waals surface area (Å²) >= 11 is 6.01. The van der Waals surface area contributed by atoms with Crippen molar-refractivity contribution in [1.29, 1.82) is 0 Å². The van der Waals surface area contributed by atoms with Gasteiger partial charge in [0.1, 0.15) is 0 Å². The second-order valence-corrected chi connectivity index (χ2v) is 9.05. The molecule has 154 valence electrons. The van der Waals surface area contributed by atoms with Gasteiger partial charge >= 0.3 is 0 Å². The molecule has 0 saturated heterocycles. The third-order valence-electron chi connectivity index (χ3n) is 4.49. The summed E-state index contributed by atoms with van der Waals surface area (Å²) in [4.78, 5) is 12.1. The molecule has 0 saturated carbocycles. The number of allylic oxidation sites excluding steroid dienone is 2. The predicted octanol–water partition coefficient (Wildman–Crippen LogP) is 5.19. The number of nitrogens with one attached hydrogen (secondary N) is 1. The van der Waals surface area contributed by atoms with E-state index in [1.807, 2.05) is 0 Å². The van der Waals surface area contributed by atoms with Gasteiger partial charge in [-0.05, 0) is 31.0 Å². The Hall–Kier alpha value is -2.39. The molecule has 1 aliphatic rings. The van der Waals surface area contributed by atoms with Crippen molar-refractivity contribution in [3.05, 3.63) is 70.3 Å². The molecule has 2 aromatic rings. The first-order chi connectivity index (χ1) is 13.6. The van der Waals surface area contributed by atoms with Crippen LogP contribution in [0, 0.1) is 17.5 Å². The zero-order valence-corrected chi connectivity index (χ0v) is 16.3. The van der Waals surface area contributed by atoms with Crippen LogP contribution in [0.2, 0.25) is 5.02 Å². The topological polar surface area (TPSA) is 63.2 Å². The van der Waals surface area contributed by atoms with Crippen LogP contribution in [0.15, 0.2) is 47.1 Å². The molecule has 2 aromatic carbocycles. The molecule has 0 spiro atoms. The Labute approximate surface area is 169 Å². The van der Waals surface area contributed by atoms with E-state index >= 15 is 0 Å². The highest BCUT2D eigenvalue weighted by molar-refractivity contribution is 7.92. The fourth-order valence-electron chi connectivity index (χ4n) is 2.93. The second kappa shape index (κ2) is 8.16. The maximum atomic E-state index is 13.3. The Balaban J connectivity index is 1.90. The van der Waals surface area contributed by atoms with Gasteiger partial charge in [-0.2, -0.15) is 0 Å². The van der Waals surface area contributed by atoms with Crippen molar-refractivity contribution in [3.8, 4) is 0 Å². The molecule has 1 atom stereocenters. The summed E-state index contributed by atoms with van der Waals surface area (Å²) in [7, 11) is -3.96. The van der Waals surface area contributed by atoms with E-state index in [4.69, 9.17) is 11.6 Å². The third-order valence-corrected chi connectivity index (χ3v) is 7.19. The fourth-order valence-corrected chi connectivity index (χ4v) is 5.14. The van der Waals surface area contributed by atoms with Crippen LogP contribution >= 0.6 is 11.6 Å². The van der Waals surface area contributed by atoms with Gasteiger partial charge in [0.2, 0.25) is 0 Å². The highest BCUT2D eigenvalue weighted by Crippen LogP contribution is 2.33. The summed E-state index contributed by atoms with van der Waals surface area (Å²) in [6.45, 7) is 0. The van der Waals surface area contributed by atoms with E-state index < -0.39 is 38.4 Å². The van der Waals surface area contributed by atoms with Crippen molar-refractivity contribution in [2.24, 2.45) is 0 Å². The molecule has 1 amide bonds. The maximum absolute atomic E-state index is 13.3. The van der Waals surface area contributed by atoms with E-state index in [-0.39, 0.29) is 46.3 Å². The molecule has 0 aliphatic heterocycles. The van der Waals surface area contributed by atoms with Gasteiger partial charge in [0.05, 0.1) is 21.0 Å². The lowest BCUT2D eigenvalue weighted by Gasteiger charge is -2.20. The van der Waals surface area contributed by atoms with E-state index in [0.29, 0.717) is 12.1 Å². The van der Waals surface area contributed by atoms with Crippen molar-refractivity contribution < 1.29 is 30.8 Å². The Morgan fingerprint density at radius 2 is 1.72 bits per heavy atom. The minimum absolute atomic E-state index is 0.0105. The van der Waals surface area contributed by atoms with Gasteiger partial charge in [-0.25, -0.2) is 26.0 Å². The molecule has 4 nitrogen and oxygen atoms in total. The fraction of sp³-hybridized carbons (Fsp3) is 0.211. The molecule has 10 heteroatoms. The van der Waals surface area contributed by atoms with Crippen LogP contribution in [0.3, 0.4) is 0 Å². The zero-order chi connectivity index (χ0) is 21.3. The number of halogens is 5. The Kier molecular flexibility index (Phi) is 6.00. The molecule has 0 bridgehead atoms. The summed E-state index contributed by atoms with van der Waals surface area (Å²) in [5.74, 6) is -5.91. The third kappa shape index (κ3) is 4.45. The molecule has 0 fully saturated rings. The summed E-state index contributed by atoms with van der Waals surface area (Å²) in [6.07, 6.45) is 1.25. The number of amides is 1. The van der Waals surface area contributed by atoms with Crippen molar-refractivity contribution in [2.75, 3.05) is 5.32 Å². The van der Waals surface area contributed by atoms with Gasteiger partial charge in [0, 0.05) is 29.8 Å². The first-order valence-electron chi connectivity index (χ1n) is 8.43. The number of rotatable bonds is 4. The number of hydrogen-bond donors (Lipinski definition) is 1. The monoisotopic (exact) mass is 447 g/mol. The molecule has 29 heavy (non-hydrogen) atoms. The van der Waals surface area contributed by atoms with Crippen LogP contribution in [-0.2, 0) is 9.84 Å². The van der Waals surface area contributed by atoms with Crippen molar-refractivity contribution in [3.63, 3.8) is 0 Å². The number of hydrogen-bond acceptors (Lipinski definition) is 3. The van der Waals surface area contributed by atoms with Crippen LogP contribution in [0.1, 0.15) is 29.6 Å². The first-order valence-corrected chi connectivity index (χ1v) is 10.4. The predicted molar refractivity (Wildman–Crippen MR) is 99.7 cm³/mol. The van der Waals surface area contributed by atoms with Gasteiger partial charge < -0.3 is 5.32 Å². The average molecular weight is 448 g/mol. The molecule has 0 radical (unpaired) electrons. The minimum atomic E-state index is -3.96. The SMILES string of the molecule is O=C(Nc1cc(F)c(F)c(F)c1)c1ccc(Cl)c(S(=O)(=O)[C@H]2CC=C(F)CC2)c1. The summed E-state index contributed by atoms with van der Waals surface area (Å²) < 4.78 is 78.6. The van der Waals surface area contributed by atoms with Crippen LogP contribution in [0.5, 0.6) is 0 Å². The Morgan fingerprint density at radius 1 is 1.07 bits per heavy atom. The molecule has 3 rings (SSSR count). The lowest BCUT2D eigenvalue weighted by Crippen LogP contribution is -2.24. The van der Waals surface area contributed by atoms with Crippen LogP contribution in [-0.4, -0.2) is 19.6 Å². The van der Waals surface area contributed by atoms with Gasteiger partial charge in [-0.3, -0.25) is 4.79 Å².